The highest BCUT2D eigenvalue weighted by Gasteiger charge is 2.16. The van der Waals surface area contributed by atoms with Crippen molar-refractivity contribution in [1.82, 2.24) is 0 Å². The molecule has 5 heteroatoms. The zero-order chi connectivity index (χ0) is 13.4. The third-order valence-corrected chi connectivity index (χ3v) is 3.34. The Balaban J connectivity index is 2.56. The van der Waals surface area contributed by atoms with E-state index in [4.69, 9.17) is 15.2 Å². The van der Waals surface area contributed by atoms with E-state index < -0.39 is 5.97 Å². The van der Waals surface area contributed by atoms with Gasteiger partial charge in [0.15, 0.2) is 0 Å². The molecule has 0 spiro atoms. The average molecular weight is 269 g/mol. The van der Waals surface area contributed by atoms with E-state index >= 15 is 0 Å². The second-order valence-electron chi connectivity index (χ2n) is 3.61. The Kier molecular flexibility index (Phi) is 6.43. The summed E-state index contributed by atoms with van der Waals surface area (Å²) in [7, 11) is 1.50. The predicted molar refractivity (Wildman–Crippen MR) is 75.3 cm³/mol. The molecule has 0 heterocycles. The van der Waals surface area contributed by atoms with Gasteiger partial charge in [-0.15, -0.1) is 0 Å². The molecule has 1 aromatic rings. The maximum Gasteiger partial charge on any atom is 0.344 e. The molecule has 0 aliphatic carbocycles. The van der Waals surface area contributed by atoms with Gasteiger partial charge in [0.2, 0.25) is 0 Å². The third-order valence-electron chi connectivity index (χ3n) is 2.35. The lowest BCUT2D eigenvalue weighted by Gasteiger charge is -2.10. The predicted octanol–water partition coefficient (Wildman–Crippen LogP) is 2.58. The fourth-order valence-corrected chi connectivity index (χ4v) is 2.09. The fraction of sp³-hybridized carbons (Fsp3) is 0.462. The van der Waals surface area contributed by atoms with Crippen LogP contribution in [0.3, 0.4) is 0 Å². The Hall–Kier alpha value is -1.36. The molecule has 0 aromatic heterocycles. The molecule has 4 nitrogen and oxygen atoms in total. The number of anilines is 1. The number of thioether (sulfide) groups is 1. The fourth-order valence-electron chi connectivity index (χ4n) is 1.48. The highest BCUT2D eigenvalue weighted by molar-refractivity contribution is 7.99. The van der Waals surface area contributed by atoms with Crippen LogP contribution in [0.5, 0.6) is 5.75 Å². The van der Waals surface area contributed by atoms with Gasteiger partial charge in [-0.1, -0.05) is 13.0 Å². The first-order valence-corrected chi connectivity index (χ1v) is 7.03. The summed E-state index contributed by atoms with van der Waals surface area (Å²) in [5, 5.41) is 0. The van der Waals surface area contributed by atoms with Crippen LogP contribution in [0.2, 0.25) is 0 Å². The van der Waals surface area contributed by atoms with Crippen LogP contribution in [-0.2, 0) is 4.74 Å². The summed E-state index contributed by atoms with van der Waals surface area (Å²) in [6, 6.07) is 5.09. The van der Waals surface area contributed by atoms with Crippen LogP contribution in [-0.4, -0.2) is 31.2 Å². The Morgan fingerprint density at radius 1 is 1.44 bits per heavy atom. The molecule has 18 heavy (non-hydrogen) atoms. The quantitative estimate of drug-likeness (QED) is 0.468. The minimum absolute atomic E-state index is 0.308. The number of hydrogen-bond acceptors (Lipinski definition) is 5. The van der Waals surface area contributed by atoms with E-state index in [1.165, 1.54) is 7.11 Å². The van der Waals surface area contributed by atoms with E-state index in [1.54, 1.807) is 18.2 Å². The molecule has 0 aliphatic rings. The smallest absolute Gasteiger partial charge is 0.344 e. The number of carbonyl (C=O) groups is 1. The van der Waals surface area contributed by atoms with Crippen molar-refractivity contribution < 1.29 is 14.3 Å². The van der Waals surface area contributed by atoms with Crippen LogP contribution in [0.4, 0.5) is 5.69 Å². The van der Waals surface area contributed by atoms with Crippen LogP contribution in [0.25, 0.3) is 0 Å². The van der Waals surface area contributed by atoms with E-state index in [9.17, 15) is 4.79 Å². The summed E-state index contributed by atoms with van der Waals surface area (Å²) >= 11 is 1.83. The van der Waals surface area contributed by atoms with Crippen LogP contribution >= 0.6 is 11.8 Å². The van der Waals surface area contributed by atoms with Gasteiger partial charge in [0.05, 0.1) is 13.7 Å². The second-order valence-corrected chi connectivity index (χ2v) is 5.00. The Morgan fingerprint density at radius 2 is 2.22 bits per heavy atom. The molecule has 0 unspecified atom stereocenters. The summed E-state index contributed by atoms with van der Waals surface area (Å²) in [6.07, 6.45) is 0.847. The van der Waals surface area contributed by atoms with Crippen LogP contribution in [0.15, 0.2) is 18.2 Å². The van der Waals surface area contributed by atoms with Gasteiger partial charge in [-0.05, 0) is 30.1 Å². The van der Waals surface area contributed by atoms with Gasteiger partial charge in [0.25, 0.3) is 0 Å². The maximum atomic E-state index is 11.9. The standard InChI is InChI=1S/C13H19NO3S/c1-3-18-9-5-8-17-13(15)12-10(14)6-4-7-11(12)16-2/h4,6-7H,3,5,8-9,14H2,1-2H3. The van der Waals surface area contributed by atoms with Gasteiger partial charge in [0.1, 0.15) is 11.3 Å². The van der Waals surface area contributed by atoms with Crippen molar-refractivity contribution in [3.63, 3.8) is 0 Å². The molecule has 0 aliphatic heterocycles. The van der Waals surface area contributed by atoms with E-state index in [2.05, 4.69) is 6.92 Å². The Bertz CT molecular complexity index is 396. The van der Waals surface area contributed by atoms with Crippen LogP contribution in [0.1, 0.15) is 23.7 Å². The van der Waals surface area contributed by atoms with Gasteiger partial charge in [-0.3, -0.25) is 0 Å². The second kappa shape index (κ2) is 7.87. The number of nitrogens with two attached hydrogens (primary N) is 1. The van der Waals surface area contributed by atoms with Crippen molar-refractivity contribution in [3.05, 3.63) is 23.8 Å². The molecule has 0 amide bonds. The Morgan fingerprint density at radius 3 is 2.89 bits per heavy atom. The molecule has 1 rings (SSSR count). The highest BCUT2D eigenvalue weighted by Crippen LogP contribution is 2.24. The van der Waals surface area contributed by atoms with Gasteiger partial charge < -0.3 is 15.2 Å². The van der Waals surface area contributed by atoms with E-state index in [0.29, 0.717) is 23.6 Å². The molecular weight excluding hydrogens is 250 g/mol. The van der Waals surface area contributed by atoms with Crippen LogP contribution in [0, 0.1) is 0 Å². The molecule has 1 aromatic carbocycles. The van der Waals surface area contributed by atoms with E-state index in [1.807, 2.05) is 11.8 Å². The SMILES string of the molecule is CCSCCCOC(=O)c1c(N)cccc1OC. The zero-order valence-electron chi connectivity index (χ0n) is 10.8. The average Bonchev–Trinajstić information content (AvgIpc) is 2.37. The monoisotopic (exact) mass is 269 g/mol. The summed E-state index contributed by atoms with van der Waals surface area (Å²) in [4.78, 5) is 11.9. The molecule has 0 saturated carbocycles. The minimum atomic E-state index is -0.425. The summed E-state index contributed by atoms with van der Waals surface area (Å²) in [6.45, 7) is 2.51. The summed E-state index contributed by atoms with van der Waals surface area (Å²) < 4.78 is 10.3. The lowest BCUT2D eigenvalue weighted by atomic mass is 10.1. The summed E-state index contributed by atoms with van der Waals surface area (Å²) in [5.74, 6) is 2.09. The molecule has 0 bridgehead atoms. The number of ether oxygens (including phenoxy) is 2. The largest absolute Gasteiger partial charge is 0.496 e. The maximum absolute atomic E-state index is 11.9. The van der Waals surface area contributed by atoms with E-state index in [0.717, 1.165) is 17.9 Å². The molecule has 0 radical (unpaired) electrons. The number of nitrogen functional groups attached to an aromatic ring is 1. The number of rotatable bonds is 7. The minimum Gasteiger partial charge on any atom is -0.496 e. The normalized spacial score (nSPS) is 10.1. The van der Waals surface area contributed by atoms with Gasteiger partial charge in [0, 0.05) is 5.69 Å². The van der Waals surface area contributed by atoms with Gasteiger partial charge in [-0.2, -0.15) is 11.8 Å². The lowest BCUT2D eigenvalue weighted by Crippen LogP contribution is -2.11. The van der Waals surface area contributed by atoms with Crippen molar-refractivity contribution in [1.29, 1.82) is 0 Å². The number of hydrogen-bond donors (Lipinski definition) is 1. The molecule has 0 saturated heterocycles. The molecule has 0 fully saturated rings. The van der Waals surface area contributed by atoms with E-state index in [-0.39, 0.29) is 0 Å². The third kappa shape index (κ3) is 4.14. The molecule has 0 atom stereocenters. The number of methoxy groups -OCH3 is 1. The topological polar surface area (TPSA) is 61.5 Å². The molecular formula is C13H19NO3S. The zero-order valence-corrected chi connectivity index (χ0v) is 11.6. The molecule has 2 N–H and O–H groups in total. The van der Waals surface area contributed by atoms with Crippen molar-refractivity contribution in [2.45, 2.75) is 13.3 Å². The summed E-state index contributed by atoms with van der Waals surface area (Å²) in [5.41, 5.74) is 6.45. The van der Waals surface area contributed by atoms with Crippen molar-refractivity contribution in [2.75, 3.05) is 31.0 Å². The van der Waals surface area contributed by atoms with Crippen molar-refractivity contribution in [3.8, 4) is 5.75 Å². The first-order valence-electron chi connectivity index (χ1n) is 5.88. The van der Waals surface area contributed by atoms with Crippen LogP contribution < -0.4 is 10.5 Å². The lowest BCUT2D eigenvalue weighted by molar-refractivity contribution is 0.0504. The number of esters is 1. The highest BCUT2D eigenvalue weighted by atomic mass is 32.2. The number of benzene rings is 1. The molecule has 100 valence electrons. The van der Waals surface area contributed by atoms with Crippen molar-refractivity contribution >= 4 is 23.4 Å². The number of carbonyl (C=O) groups excluding carboxylic acids is 1. The Labute approximate surface area is 112 Å². The first kappa shape index (κ1) is 14.7. The van der Waals surface area contributed by atoms with Gasteiger partial charge >= 0.3 is 5.97 Å². The first-order chi connectivity index (χ1) is 8.70. The van der Waals surface area contributed by atoms with Gasteiger partial charge in [-0.25, -0.2) is 4.79 Å². The van der Waals surface area contributed by atoms with Crippen molar-refractivity contribution in [2.24, 2.45) is 0 Å².